The fourth-order valence-electron chi connectivity index (χ4n) is 2.12. The molecule has 0 bridgehead atoms. The summed E-state index contributed by atoms with van der Waals surface area (Å²) >= 11 is 1.46. The normalized spacial score (nSPS) is 14.7. The lowest BCUT2D eigenvalue weighted by Crippen LogP contribution is -2.58. The van der Waals surface area contributed by atoms with Crippen LogP contribution in [0.2, 0.25) is 0 Å². The highest BCUT2D eigenvalue weighted by Gasteiger charge is 2.30. The molecule has 0 aliphatic rings. The number of thioether (sulfide) groups is 1. The molecule has 0 rings (SSSR count). The summed E-state index contributed by atoms with van der Waals surface area (Å²) in [5, 5.41) is 42.3. The fourth-order valence-corrected chi connectivity index (χ4v) is 2.61. The predicted molar refractivity (Wildman–Crippen MR) is 105 cm³/mol. The van der Waals surface area contributed by atoms with Gasteiger partial charge in [-0.25, -0.2) is 4.79 Å². The number of carboxylic acid groups (broad SMARTS) is 2. The molecule has 172 valence electrons. The number of hydrogen-bond donors (Lipinski definition) is 8. The molecule has 4 atom stereocenters. The van der Waals surface area contributed by atoms with Gasteiger partial charge in [0.1, 0.15) is 18.1 Å². The molecule has 9 N–H and O–H groups in total. The summed E-state index contributed by atoms with van der Waals surface area (Å²) in [4.78, 5) is 58.4. The van der Waals surface area contributed by atoms with Crippen molar-refractivity contribution in [3.63, 3.8) is 0 Å². The van der Waals surface area contributed by atoms with Gasteiger partial charge < -0.3 is 42.1 Å². The molecule has 0 spiro atoms. The maximum atomic E-state index is 12.5. The first-order valence-corrected chi connectivity index (χ1v) is 10.3. The van der Waals surface area contributed by atoms with E-state index >= 15 is 0 Å². The maximum Gasteiger partial charge on any atom is 0.328 e. The van der Waals surface area contributed by atoms with Crippen molar-refractivity contribution in [3.8, 4) is 0 Å². The van der Waals surface area contributed by atoms with E-state index in [2.05, 4.69) is 10.6 Å². The lowest BCUT2D eigenvalue weighted by atomic mass is 10.1. The van der Waals surface area contributed by atoms with E-state index in [0.29, 0.717) is 12.2 Å². The number of nitrogens with two attached hydrogens (primary N) is 1. The van der Waals surface area contributed by atoms with Crippen molar-refractivity contribution in [2.24, 2.45) is 5.73 Å². The van der Waals surface area contributed by atoms with Gasteiger partial charge in [0.05, 0.1) is 19.3 Å². The fraction of sp³-hybridized carbons (Fsp3) is 0.688. The number of rotatable bonds is 15. The summed E-state index contributed by atoms with van der Waals surface area (Å²) in [6, 6.07) is -5.54. The second-order valence-corrected chi connectivity index (χ2v) is 7.19. The van der Waals surface area contributed by atoms with Gasteiger partial charge in [-0.2, -0.15) is 11.8 Å². The van der Waals surface area contributed by atoms with E-state index in [4.69, 9.17) is 21.1 Å². The summed E-state index contributed by atoms with van der Waals surface area (Å²) in [7, 11) is 0. The zero-order chi connectivity index (χ0) is 23.3. The third kappa shape index (κ3) is 10.4. The monoisotopic (exact) mass is 452 g/mol. The number of aliphatic hydroxyl groups excluding tert-OH is 2. The second kappa shape index (κ2) is 14.5. The van der Waals surface area contributed by atoms with Crippen LogP contribution < -0.4 is 21.7 Å². The van der Waals surface area contributed by atoms with E-state index in [9.17, 15) is 29.1 Å². The van der Waals surface area contributed by atoms with Gasteiger partial charge in [0.15, 0.2) is 0 Å². The van der Waals surface area contributed by atoms with Gasteiger partial charge in [0.25, 0.3) is 0 Å². The number of amides is 3. The van der Waals surface area contributed by atoms with Crippen molar-refractivity contribution < 1.29 is 44.4 Å². The molecule has 0 heterocycles. The summed E-state index contributed by atoms with van der Waals surface area (Å²) < 4.78 is 0. The second-order valence-electron chi connectivity index (χ2n) is 6.21. The number of aliphatic carboxylic acids is 2. The minimum Gasteiger partial charge on any atom is -0.481 e. The highest BCUT2D eigenvalue weighted by atomic mass is 32.2. The van der Waals surface area contributed by atoms with Gasteiger partial charge in [0.2, 0.25) is 17.7 Å². The molecule has 0 aromatic carbocycles. The van der Waals surface area contributed by atoms with Crippen LogP contribution >= 0.6 is 11.8 Å². The quantitative estimate of drug-likeness (QED) is 0.121. The topological polar surface area (TPSA) is 228 Å². The smallest absolute Gasteiger partial charge is 0.328 e. The Morgan fingerprint density at radius 2 is 1.33 bits per heavy atom. The summed E-state index contributed by atoms with van der Waals surface area (Å²) in [6.07, 6.45) is 1.36. The Hall–Kier alpha value is -2.42. The summed E-state index contributed by atoms with van der Waals surface area (Å²) in [5.41, 5.74) is 5.73. The Morgan fingerprint density at radius 3 is 1.80 bits per heavy atom. The Balaban J connectivity index is 5.17. The zero-order valence-corrected chi connectivity index (χ0v) is 17.2. The molecule has 30 heavy (non-hydrogen) atoms. The minimum absolute atomic E-state index is 0.309. The van der Waals surface area contributed by atoms with Crippen LogP contribution in [0, 0.1) is 0 Å². The maximum absolute atomic E-state index is 12.5. The van der Waals surface area contributed by atoms with E-state index in [1.165, 1.54) is 11.8 Å². The first-order chi connectivity index (χ1) is 14.1. The Morgan fingerprint density at radius 1 is 0.833 bits per heavy atom. The molecule has 4 unspecified atom stereocenters. The van der Waals surface area contributed by atoms with Crippen LogP contribution in [0.1, 0.15) is 19.3 Å². The van der Waals surface area contributed by atoms with E-state index in [1.807, 2.05) is 11.6 Å². The number of carbonyl (C=O) groups excluding carboxylic acids is 3. The van der Waals surface area contributed by atoms with Crippen molar-refractivity contribution in [2.45, 2.75) is 43.4 Å². The number of hydrogen-bond acceptors (Lipinski definition) is 9. The van der Waals surface area contributed by atoms with Gasteiger partial charge in [-0.15, -0.1) is 0 Å². The average molecular weight is 452 g/mol. The molecule has 14 heteroatoms. The van der Waals surface area contributed by atoms with Crippen LogP contribution in [0.3, 0.4) is 0 Å². The van der Waals surface area contributed by atoms with Crippen molar-refractivity contribution in [2.75, 3.05) is 25.2 Å². The molecule has 0 saturated carbocycles. The van der Waals surface area contributed by atoms with Gasteiger partial charge in [0, 0.05) is 6.42 Å². The molecule has 0 aromatic rings. The molecule has 0 fully saturated rings. The van der Waals surface area contributed by atoms with Crippen LogP contribution in [-0.2, 0) is 24.0 Å². The molecule has 0 aliphatic heterocycles. The third-order valence-corrected chi connectivity index (χ3v) is 4.51. The largest absolute Gasteiger partial charge is 0.481 e. The number of aliphatic hydroxyl groups is 2. The van der Waals surface area contributed by atoms with E-state index in [-0.39, 0.29) is 6.42 Å². The number of nitrogens with one attached hydrogen (secondary N) is 3. The van der Waals surface area contributed by atoms with Crippen LogP contribution in [0.5, 0.6) is 0 Å². The molecule has 0 aromatic heterocycles. The molecule has 0 aliphatic carbocycles. The summed E-state index contributed by atoms with van der Waals surface area (Å²) in [6.45, 7) is -1.83. The van der Waals surface area contributed by atoms with Crippen LogP contribution in [-0.4, -0.2) is 99.5 Å². The molecule has 0 saturated heterocycles. The van der Waals surface area contributed by atoms with Crippen LogP contribution in [0.25, 0.3) is 0 Å². The number of carboxylic acids is 2. The van der Waals surface area contributed by atoms with Crippen LogP contribution in [0.4, 0.5) is 0 Å². The number of carbonyl (C=O) groups is 5. The Bertz CT molecular complexity index is 620. The van der Waals surface area contributed by atoms with Gasteiger partial charge in [-0.3, -0.25) is 19.2 Å². The standard InChI is InChI=1S/C16H28N4O9S/c1-30-5-4-8(17)13(25)18-9(2-3-12(23)24)14(26)19-10(6-21)15(27)20-11(7-22)16(28)29/h8-11,21-22H,2-7,17H2,1H3,(H,18,25)(H,19,26)(H,20,27)(H,23,24)(H,28,29). The Labute approximate surface area is 176 Å². The third-order valence-electron chi connectivity index (χ3n) is 3.86. The van der Waals surface area contributed by atoms with E-state index < -0.39 is 73.5 Å². The molecule has 0 radical (unpaired) electrons. The summed E-state index contributed by atoms with van der Waals surface area (Å²) in [5.74, 6) is -4.91. The van der Waals surface area contributed by atoms with Gasteiger partial charge in [-0.05, 0) is 24.9 Å². The zero-order valence-electron chi connectivity index (χ0n) is 16.4. The minimum atomic E-state index is -1.65. The van der Waals surface area contributed by atoms with Crippen molar-refractivity contribution in [3.05, 3.63) is 0 Å². The lowest BCUT2D eigenvalue weighted by Gasteiger charge is -2.23. The highest BCUT2D eigenvalue weighted by Crippen LogP contribution is 2.03. The molecule has 13 nitrogen and oxygen atoms in total. The van der Waals surface area contributed by atoms with Crippen molar-refractivity contribution >= 4 is 41.4 Å². The average Bonchev–Trinajstić information content (AvgIpc) is 2.70. The van der Waals surface area contributed by atoms with Gasteiger partial charge >= 0.3 is 11.9 Å². The van der Waals surface area contributed by atoms with Gasteiger partial charge in [-0.1, -0.05) is 0 Å². The van der Waals surface area contributed by atoms with E-state index in [0.717, 1.165) is 0 Å². The molecular weight excluding hydrogens is 424 g/mol. The SMILES string of the molecule is CSCCC(N)C(=O)NC(CCC(=O)O)C(=O)NC(CO)C(=O)NC(CO)C(=O)O. The molecule has 3 amide bonds. The molecular formula is C16H28N4O9S. The highest BCUT2D eigenvalue weighted by molar-refractivity contribution is 7.98. The van der Waals surface area contributed by atoms with Crippen molar-refractivity contribution in [1.29, 1.82) is 0 Å². The first-order valence-electron chi connectivity index (χ1n) is 8.89. The first kappa shape index (κ1) is 27.6. The Kier molecular flexibility index (Phi) is 13.4. The van der Waals surface area contributed by atoms with Crippen LogP contribution in [0.15, 0.2) is 0 Å². The predicted octanol–water partition coefficient (Wildman–Crippen LogP) is -3.54. The van der Waals surface area contributed by atoms with Crippen molar-refractivity contribution in [1.82, 2.24) is 16.0 Å². The lowest BCUT2D eigenvalue weighted by molar-refractivity contribution is -0.143. The van der Waals surface area contributed by atoms with E-state index in [1.54, 1.807) is 0 Å².